The molecule has 0 aliphatic carbocycles. The minimum atomic E-state index is -0.212. The fourth-order valence-electron chi connectivity index (χ4n) is 2.89. The van der Waals surface area contributed by atoms with Crippen LogP contribution in [0, 0.1) is 0 Å². The number of nitrogens with zero attached hydrogens (tertiary/aromatic N) is 3. The first-order valence-electron chi connectivity index (χ1n) is 7.85. The van der Waals surface area contributed by atoms with E-state index in [-0.39, 0.29) is 6.10 Å². The topological polar surface area (TPSA) is 51.6 Å². The van der Waals surface area contributed by atoms with Crippen LogP contribution >= 0.6 is 0 Å². The Morgan fingerprint density at radius 3 is 2.95 bits per heavy atom. The Labute approximate surface area is 128 Å². The van der Waals surface area contributed by atoms with E-state index >= 15 is 0 Å². The summed E-state index contributed by atoms with van der Waals surface area (Å²) in [5.74, 6) is 0.943. The predicted octanol–water partition coefficient (Wildman–Crippen LogP) is 1.40. The zero-order chi connectivity index (χ0) is 15.2. The Morgan fingerprint density at radius 2 is 2.24 bits per heavy atom. The van der Waals surface area contributed by atoms with Crippen molar-refractivity contribution in [3.05, 3.63) is 23.9 Å². The van der Waals surface area contributed by atoms with Crippen molar-refractivity contribution in [3.8, 4) is 0 Å². The molecule has 2 atom stereocenters. The molecule has 5 heteroatoms. The average Bonchev–Trinajstić information content (AvgIpc) is 2.76. The van der Waals surface area contributed by atoms with E-state index in [1.165, 1.54) is 0 Å². The van der Waals surface area contributed by atoms with Gasteiger partial charge in [0, 0.05) is 32.2 Å². The highest BCUT2D eigenvalue weighted by atomic mass is 16.3. The van der Waals surface area contributed by atoms with Crippen LogP contribution in [0.4, 0.5) is 5.82 Å². The second-order valence-electron chi connectivity index (χ2n) is 6.18. The molecule has 1 fully saturated rings. The number of likely N-dealkylation sites (tertiary alicyclic amines) is 1. The number of likely N-dealkylation sites (N-methyl/N-ethyl adjacent to an activating group) is 1. The highest BCUT2D eigenvalue weighted by Gasteiger charge is 2.31. The van der Waals surface area contributed by atoms with Crippen molar-refractivity contribution in [1.29, 1.82) is 0 Å². The second-order valence-corrected chi connectivity index (χ2v) is 6.18. The highest BCUT2D eigenvalue weighted by Crippen LogP contribution is 2.21. The van der Waals surface area contributed by atoms with Crippen LogP contribution in [0.15, 0.2) is 18.2 Å². The number of aliphatic hydroxyl groups excluding tert-OH is 1. The Morgan fingerprint density at radius 1 is 1.43 bits per heavy atom. The van der Waals surface area contributed by atoms with Gasteiger partial charge in [0.2, 0.25) is 0 Å². The summed E-state index contributed by atoms with van der Waals surface area (Å²) in [5.41, 5.74) is 1.06. The summed E-state index contributed by atoms with van der Waals surface area (Å²) in [7, 11) is 4.16. The van der Waals surface area contributed by atoms with Gasteiger partial charge in [-0.1, -0.05) is 13.0 Å². The van der Waals surface area contributed by atoms with Crippen molar-refractivity contribution >= 4 is 5.82 Å². The largest absolute Gasteiger partial charge is 0.392 e. The number of anilines is 1. The fraction of sp³-hybridized carbons (Fsp3) is 0.688. The molecule has 0 aromatic carbocycles. The van der Waals surface area contributed by atoms with Crippen LogP contribution in [0.3, 0.4) is 0 Å². The fourth-order valence-corrected chi connectivity index (χ4v) is 2.89. The van der Waals surface area contributed by atoms with Gasteiger partial charge in [0.05, 0.1) is 11.8 Å². The van der Waals surface area contributed by atoms with E-state index in [0.717, 1.165) is 50.5 Å². The molecule has 2 heterocycles. The summed E-state index contributed by atoms with van der Waals surface area (Å²) in [6, 6.07) is 6.53. The summed E-state index contributed by atoms with van der Waals surface area (Å²) in [4.78, 5) is 9.19. The van der Waals surface area contributed by atoms with Gasteiger partial charge in [-0.3, -0.25) is 4.90 Å². The number of aromatic nitrogens is 1. The van der Waals surface area contributed by atoms with E-state index in [2.05, 4.69) is 47.2 Å². The SMILES string of the molecule is CCCNc1cccc(CN2CC(O)CC2CN(C)C)n1. The van der Waals surface area contributed by atoms with Gasteiger partial charge in [-0.05, 0) is 39.1 Å². The average molecular weight is 292 g/mol. The lowest BCUT2D eigenvalue weighted by molar-refractivity contribution is 0.168. The Hall–Kier alpha value is -1.17. The summed E-state index contributed by atoms with van der Waals surface area (Å²) >= 11 is 0. The lowest BCUT2D eigenvalue weighted by Gasteiger charge is -2.26. The maximum atomic E-state index is 9.94. The van der Waals surface area contributed by atoms with Crippen molar-refractivity contribution in [2.24, 2.45) is 0 Å². The Balaban J connectivity index is 1.99. The molecule has 2 unspecified atom stereocenters. The number of aliphatic hydroxyl groups is 1. The third kappa shape index (κ3) is 4.95. The molecular weight excluding hydrogens is 264 g/mol. The number of hydrogen-bond donors (Lipinski definition) is 2. The maximum Gasteiger partial charge on any atom is 0.126 e. The second kappa shape index (κ2) is 7.73. The van der Waals surface area contributed by atoms with Crippen LogP contribution in [-0.4, -0.2) is 65.8 Å². The summed E-state index contributed by atoms with van der Waals surface area (Å²) in [5, 5.41) is 13.3. The van der Waals surface area contributed by atoms with Crippen molar-refractivity contribution in [2.45, 2.75) is 38.5 Å². The lowest BCUT2D eigenvalue weighted by Crippen LogP contribution is -2.37. The molecule has 1 aliphatic heterocycles. The van der Waals surface area contributed by atoms with Gasteiger partial charge in [-0.25, -0.2) is 4.98 Å². The molecular formula is C16H28N4O. The Bertz CT molecular complexity index is 438. The lowest BCUT2D eigenvalue weighted by atomic mass is 10.2. The molecule has 1 aromatic heterocycles. The number of hydrogen-bond acceptors (Lipinski definition) is 5. The van der Waals surface area contributed by atoms with Crippen LogP contribution in [-0.2, 0) is 6.54 Å². The van der Waals surface area contributed by atoms with E-state index in [1.54, 1.807) is 0 Å². The molecule has 0 amide bonds. The molecule has 0 radical (unpaired) electrons. The third-order valence-electron chi connectivity index (χ3n) is 3.81. The zero-order valence-corrected chi connectivity index (χ0v) is 13.4. The van der Waals surface area contributed by atoms with Crippen LogP contribution in [0.2, 0.25) is 0 Å². The first-order valence-corrected chi connectivity index (χ1v) is 7.85. The molecule has 5 nitrogen and oxygen atoms in total. The molecule has 0 bridgehead atoms. The monoisotopic (exact) mass is 292 g/mol. The van der Waals surface area contributed by atoms with Crippen LogP contribution in [0.25, 0.3) is 0 Å². The van der Waals surface area contributed by atoms with Crippen LogP contribution in [0.1, 0.15) is 25.5 Å². The van der Waals surface area contributed by atoms with E-state index < -0.39 is 0 Å². The molecule has 1 aromatic rings. The Kier molecular flexibility index (Phi) is 5.96. The van der Waals surface area contributed by atoms with Gasteiger partial charge in [-0.2, -0.15) is 0 Å². The zero-order valence-electron chi connectivity index (χ0n) is 13.4. The number of nitrogens with one attached hydrogen (secondary N) is 1. The van der Waals surface area contributed by atoms with Crippen molar-refractivity contribution in [3.63, 3.8) is 0 Å². The van der Waals surface area contributed by atoms with Crippen molar-refractivity contribution < 1.29 is 5.11 Å². The van der Waals surface area contributed by atoms with Gasteiger partial charge in [0.1, 0.15) is 5.82 Å². The van der Waals surface area contributed by atoms with Gasteiger partial charge in [-0.15, -0.1) is 0 Å². The summed E-state index contributed by atoms with van der Waals surface area (Å²) < 4.78 is 0. The first-order chi connectivity index (χ1) is 10.1. The number of pyridine rings is 1. The summed E-state index contributed by atoms with van der Waals surface area (Å²) in [6.45, 7) is 5.62. The van der Waals surface area contributed by atoms with E-state index in [1.807, 2.05) is 12.1 Å². The third-order valence-corrected chi connectivity index (χ3v) is 3.81. The number of rotatable bonds is 7. The van der Waals surface area contributed by atoms with E-state index in [9.17, 15) is 5.11 Å². The van der Waals surface area contributed by atoms with Gasteiger partial charge in [0.15, 0.2) is 0 Å². The van der Waals surface area contributed by atoms with Gasteiger partial charge < -0.3 is 15.3 Å². The predicted molar refractivity (Wildman–Crippen MR) is 86.4 cm³/mol. The van der Waals surface area contributed by atoms with Crippen LogP contribution in [0.5, 0.6) is 0 Å². The molecule has 118 valence electrons. The molecule has 21 heavy (non-hydrogen) atoms. The smallest absolute Gasteiger partial charge is 0.126 e. The first kappa shape index (κ1) is 16.2. The maximum absolute atomic E-state index is 9.94. The highest BCUT2D eigenvalue weighted by molar-refractivity contribution is 5.35. The molecule has 0 spiro atoms. The number of β-amino-alcohol motifs (C(OH)–C–C–N with tert-alkyl or cyclic N) is 1. The van der Waals surface area contributed by atoms with Crippen LogP contribution < -0.4 is 5.32 Å². The molecule has 1 aliphatic rings. The molecule has 2 N–H and O–H groups in total. The molecule has 2 rings (SSSR count). The standard InChI is InChI=1S/C16H28N4O/c1-4-8-17-16-7-5-6-13(18-16)10-20-12-15(21)9-14(20)11-19(2)3/h5-7,14-15,21H,4,8-12H2,1-3H3,(H,17,18). The van der Waals surface area contributed by atoms with Crippen molar-refractivity contribution in [1.82, 2.24) is 14.8 Å². The van der Waals surface area contributed by atoms with Crippen molar-refractivity contribution in [2.75, 3.05) is 39.0 Å². The summed E-state index contributed by atoms with van der Waals surface area (Å²) in [6.07, 6.45) is 1.73. The minimum absolute atomic E-state index is 0.212. The van der Waals surface area contributed by atoms with E-state index in [0.29, 0.717) is 6.04 Å². The normalized spacial score (nSPS) is 22.9. The molecule has 1 saturated heterocycles. The van der Waals surface area contributed by atoms with E-state index in [4.69, 9.17) is 0 Å². The quantitative estimate of drug-likeness (QED) is 0.795. The minimum Gasteiger partial charge on any atom is -0.392 e. The van der Waals surface area contributed by atoms with Gasteiger partial charge >= 0.3 is 0 Å². The van der Waals surface area contributed by atoms with Gasteiger partial charge in [0.25, 0.3) is 0 Å². The molecule has 0 saturated carbocycles.